The number of anilines is 1. The average molecular weight is 383 g/mol. The number of nitrogens with zero attached hydrogens (tertiary/aromatic N) is 2. The number of hydrogen-bond donors (Lipinski definition) is 3. The summed E-state index contributed by atoms with van der Waals surface area (Å²) in [5, 5.41) is 21.6. The molecule has 0 saturated carbocycles. The first kappa shape index (κ1) is 16.6. The van der Waals surface area contributed by atoms with Crippen LogP contribution in [0.25, 0.3) is 10.9 Å². The van der Waals surface area contributed by atoms with Gasteiger partial charge >= 0.3 is 0 Å². The standard InChI is InChI=1S/C15H9Cl2FN4OS/c16-7-1-3-12(10(17)5-7)20-15(24)22-21-13-9-6-8(18)2-4-11(9)19-14(13)23/h1-6,19,23H,(H,20,24). The van der Waals surface area contributed by atoms with Gasteiger partial charge in [-0.05, 0) is 48.6 Å². The van der Waals surface area contributed by atoms with Crippen LogP contribution in [-0.4, -0.2) is 15.2 Å². The highest BCUT2D eigenvalue weighted by Crippen LogP contribution is 2.35. The molecule has 0 amide bonds. The van der Waals surface area contributed by atoms with Crippen LogP contribution in [0.5, 0.6) is 5.88 Å². The van der Waals surface area contributed by atoms with Crippen LogP contribution >= 0.6 is 35.4 Å². The smallest absolute Gasteiger partial charge is 0.218 e. The Hall–Kier alpha value is -2.22. The van der Waals surface area contributed by atoms with E-state index < -0.39 is 5.82 Å². The summed E-state index contributed by atoms with van der Waals surface area (Å²) < 4.78 is 13.4. The van der Waals surface area contributed by atoms with Gasteiger partial charge < -0.3 is 15.4 Å². The van der Waals surface area contributed by atoms with E-state index in [-0.39, 0.29) is 16.7 Å². The second kappa shape index (κ2) is 6.72. The third kappa shape index (κ3) is 3.48. The number of hydrogen-bond acceptors (Lipinski definition) is 3. The molecule has 0 unspecified atom stereocenters. The number of aromatic nitrogens is 1. The first-order valence-corrected chi connectivity index (χ1v) is 7.78. The minimum absolute atomic E-state index is 0.0179. The summed E-state index contributed by atoms with van der Waals surface area (Å²) >= 11 is 16.9. The molecule has 0 spiro atoms. The highest BCUT2D eigenvalue weighted by atomic mass is 35.5. The molecule has 0 aliphatic carbocycles. The second-order valence-electron chi connectivity index (χ2n) is 4.77. The quantitative estimate of drug-likeness (QED) is 0.387. The van der Waals surface area contributed by atoms with Crippen LogP contribution in [0.2, 0.25) is 10.0 Å². The molecule has 122 valence electrons. The number of rotatable bonds is 2. The molecule has 0 aliphatic rings. The van der Waals surface area contributed by atoms with Crippen LogP contribution in [0.4, 0.5) is 15.8 Å². The van der Waals surface area contributed by atoms with E-state index in [1.54, 1.807) is 18.2 Å². The van der Waals surface area contributed by atoms with E-state index in [1.807, 2.05) is 0 Å². The zero-order valence-electron chi connectivity index (χ0n) is 11.8. The van der Waals surface area contributed by atoms with Gasteiger partial charge in [-0.15, -0.1) is 10.2 Å². The molecule has 2 aromatic carbocycles. The number of nitrogens with one attached hydrogen (secondary N) is 2. The van der Waals surface area contributed by atoms with Gasteiger partial charge in [0.05, 0.1) is 16.2 Å². The van der Waals surface area contributed by atoms with Gasteiger partial charge in [0.15, 0.2) is 5.69 Å². The highest BCUT2D eigenvalue weighted by Gasteiger charge is 2.11. The summed E-state index contributed by atoms with van der Waals surface area (Å²) in [5.41, 5.74) is 1.14. The predicted octanol–water partition coefficient (Wildman–Crippen LogP) is 5.80. The minimum atomic E-state index is -0.452. The molecule has 3 aromatic rings. The monoisotopic (exact) mass is 382 g/mol. The Morgan fingerprint density at radius 3 is 2.75 bits per heavy atom. The Balaban J connectivity index is 1.84. The summed E-state index contributed by atoms with van der Waals surface area (Å²) in [7, 11) is 0. The number of aromatic hydroxyl groups is 1. The third-order valence-corrected chi connectivity index (χ3v) is 3.86. The van der Waals surface area contributed by atoms with Crippen molar-refractivity contribution in [2.75, 3.05) is 5.32 Å². The van der Waals surface area contributed by atoms with Crippen LogP contribution in [0, 0.1) is 5.82 Å². The van der Waals surface area contributed by atoms with Crippen LogP contribution in [0.3, 0.4) is 0 Å². The average Bonchev–Trinajstić information content (AvgIpc) is 2.83. The fourth-order valence-corrected chi connectivity index (χ4v) is 2.67. The van der Waals surface area contributed by atoms with Crippen molar-refractivity contribution in [3.8, 4) is 5.88 Å². The lowest BCUT2D eigenvalue weighted by molar-refractivity contribution is 0.459. The van der Waals surface area contributed by atoms with Gasteiger partial charge in [0.2, 0.25) is 11.0 Å². The maximum atomic E-state index is 13.4. The van der Waals surface area contributed by atoms with Crippen molar-refractivity contribution in [1.82, 2.24) is 4.98 Å². The van der Waals surface area contributed by atoms with Gasteiger partial charge in [0, 0.05) is 10.4 Å². The summed E-state index contributed by atoms with van der Waals surface area (Å²) in [6.45, 7) is 0. The number of thiocarbonyl (C=S) groups is 1. The summed E-state index contributed by atoms with van der Waals surface area (Å²) in [6, 6.07) is 8.85. The molecule has 3 rings (SSSR count). The van der Waals surface area contributed by atoms with Crippen LogP contribution < -0.4 is 5.32 Å². The molecule has 1 heterocycles. The molecular weight excluding hydrogens is 374 g/mol. The van der Waals surface area contributed by atoms with Crippen molar-refractivity contribution in [2.24, 2.45) is 10.2 Å². The van der Waals surface area contributed by atoms with Gasteiger partial charge in [0.25, 0.3) is 0 Å². The number of fused-ring (bicyclic) bond motifs is 1. The first-order valence-electron chi connectivity index (χ1n) is 6.62. The Kier molecular flexibility index (Phi) is 4.66. The minimum Gasteiger partial charge on any atom is -0.493 e. The molecule has 0 bridgehead atoms. The van der Waals surface area contributed by atoms with Gasteiger partial charge in [-0.3, -0.25) is 0 Å². The fraction of sp³-hybridized carbons (Fsp3) is 0. The van der Waals surface area contributed by atoms with E-state index in [9.17, 15) is 9.50 Å². The Morgan fingerprint density at radius 2 is 2.00 bits per heavy atom. The molecule has 5 nitrogen and oxygen atoms in total. The maximum absolute atomic E-state index is 13.4. The molecule has 0 fully saturated rings. The molecule has 0 aliphatic heterocycles. The van der Waals surface area contributed by atoms with E-state index in [2.05, 4.69) is 20.5 Å². The van der Waals surface area contributed by atoms with E-state index in [1.165, 1.54) is 18.2 Å². The molecular formula is C15H9Cl2FN4OS. The van der Waals surface area contributed by atoms with Gasteiger partial charge in [-0.25, -0.2) is 4.39 Å². The van der Waals surface area contributed by atoms with E-state index >= 15 is 0 Å². The number of benzene rings is 2. The van der Waals surface area contributed by atoms with Crippen LogP contribution in [-0.2, 0) is 0 Å². The molecule has 0 radical (unpaired) electrons. The number of H-pyrrole nitrogens is 1. The molecule has 24 heavy (non-hydrogen) atoms. The summed E-state index contributed by atoms with van der Waals surface area (Å²) in [5.74, 6) is -0.682. The fourth-order valence-electron chi connectivity index (χ4n) is 2.06. The van der Waals surface area contributed by atoms with Crippen molar-refractivity contribution >= 4 is 62.8 Å². The van der Waals surface area contributed by atoms with Crippen molar-refractivity contribution in [2.45, 2.75) is 0 Å². The Labute approximate surface area is 151 Å². The second-order valence-corrected chi connectivity index (χ2v) is 6.00. The largest absolute Gasteiger partial charge is 0.493 e. The van der Waals surface area contributed by atoms with Gasteiger partial charge in [0.1, 0.15) is 5.82 Å². The molecule has 0 atom stereocenters. The third-order valence-electron chi connectivity index (χ3n) is 3.13. The SMILES string of the molecule is Oc1[nH]c2ccc(F)cc2c1N=NC(=S)Nc1ccc(Cl)cc1Cl. The topological polar surface area (TPSA) is 72.8 Å². The van der Waals surface area contributed by atoms with Crippen molar-refractivity contribution in [3.63, 3.8) is 0 Å². The number of halogens is 3. The molecule has 0 saturated heterocycles. The summed E-state index contributed by atoms with van der Waals surface area (Å²) in [4.78, 5) is 2.68. The highest BCUT2D eigenvalue weighted by molar-refractivity contribution is 7.80. The molecule has 9 heteroatoms. The molecule has 1 aromatic heterocycles. The normalized spacial score (nSPS) is 11.3. The summed E-state index contributed by atoms with van der Waals surface area (Å²) in [6.07, 6.45) is 0. The number of aromatic amines is 1. The van der Waals surface area contributed by atoms with Crippen LogP contribution in [0.15, 0.2) is 46.6 Å². The van der Waals surface area contributed by atoms with Crippen molar-refractivity contribution in [1.29, 1.82) is 0 Å². The van der Waals surface area contributed by atoms with Crippen molar-refractivity contribution in [3.05, 3.63) is 52.3 Å². The predicted molar refractivity (Wildman–Crippen MR) is 97.1 cm³/mol. The van der Waals surface area contributed by atoms with Gasteiger partial charge in [-0.1, -0.05) is 23.2 Å². The zero-order chi connectivity index (χ0) is 17.3. The van der Waals surface area contributed by atoms with E-state index in [4.69, 9.17) is 35.4 Å². The van der Waals surface area contributed by atoms with Gasteiger partial charge in [-0.2, -0.15) is 0 Å². The van der Waals surface area contributed by atoms with Crippen molar-refractivity contribution < 1.29 is 9.50 Å². The Bertz CT molecular complexity index is 974. The first-order chi connectivity index (χ1) is 11.4. The maximum Gasteiger partial charge on any atom is 0.218 e. The Morgan fingerprint density at radius 1 is 1.21 bits per heavy atom. The lowest BCUT2D eigenvalue weighted by Gasteiger charge is -2.05. The van der Waals surface area contributed by atoms with Crippen LogP contribution in [0.1, 0.15) is 0 Å². The molecule has 3 N–H and O–H groups in total. The lowest BCUT2D eigenvalue weighted by Crippen LogP contribution is -2.05. The lowest BCUT2D eigenvalue weighted by atomic mass is 10.2. The van der Waals surface area contributed by atoms with E-state index in [0.717, 1.165) is 0 Å². The zero-order valence-corrected chi connectivity index (χ0v) is 14.2. The van der Waals surface area contributed by atoms with E-state index in [0.29, 0.717) is 26.6 Å². The number of azo groups is 1.